The fourth-order valence-electron chi connectivity index (χ4n) is 3.12. The second-order valence-electron chi connectivity index (χ2n) is 6.29. The fraction of sp³-hybridized carbons (Fsp3) is 0.562. The normalized spacial score (nSPS) is 17.7. The SMILES string of the molecule is Cc1noc(C)c1CNC(=O)N1CC[C@H](Cc2cnn(C)c2)C1. The lowest BCUT2D eigenvalue weighted by molar-refractivity contribution is 0.206. The van der Waals surface area contributed by atoms with Crippen LogP contribution in [0, 0.1) is 19.8 Å². The molecule has 3 rings (SSSR count). The molecular formula is C16H23N5O2. The predicted octanol–water partition coefficient (Wildman–Crippen LogP) is 1.80. The van der Waals surface area contributed by atoms with E-state index in [9.17, 15) is 4.79 Å². The summed E-state index contributed by atoms with van der Waals surface area (Å²) in [7, 11) is 1.92. The number of nitrogens with one attached hydrogen (secondary N) is 1. The lowest BCUT2D eigenvalue weighted by Gasteiger charge is -2.17. The average Bonchev–Trinajstić information content (AvgIpc) is 3.21. The molecule has 1 aliphatic rings. The standard InChI is InChI=1S/C16H23N5O2/c1-11-15(12(2)23-19-11)8-17-16(22)21-5-4-13(10-21)6-14-7-18-20(3)9-14/h7,9,13H,4-6,8,10H2,1-3H3,(H,17,22)/t13-/m1/s1. The fourth-order valence-corrected chi connectivity index (χ4v) is 3.12. The second-order valence-corrected chi connectivity index (χ2v) is 6.29. The minimum Gasteiger partial charge on any atom is -0.361 e. The van der Waals surface area contributed by atoms with Crippen molar-refractivity contribution in [1.29, 1.82) is 0 Å². The topological polar surface area (TPSA) is 76.2 Å². The van der Waals surface area contributed by atoms with Gasteiger partial charge in [-0.1, -0.05) is 5.16 Å². The van der Waals surface area contributed by atoms with Crippen molar-refractivity contribution in [2.75, 3.05) is 13.1 Å². The van der Waals surface area contributed by atoms with E-state index in [-0.39, 0.29) is 6.03 Å². The summed E-state index contributed by atoms with van der Waals surface area (Å²) in [6, 6.07) is -0.0151. The zero-order valence-electron chi connectivity index (χ0n) is 13.9. The zero-order chi connectivity index (χ0) is 16.4. The van der Waals surface area contributed by atoms with Gasteiger partial charge in [0, 0.05) is 38.4 Å². The number of nitrogens with zero attached hydrogens (tertiary/aromatic N) is 4. The first-order valence-corrected chi connectivity index (χ1v) is 7.95. The lowest BCUT2D eigenvalue weighted by Crippen LogP contribution is -2.38. The number of likely N-dealkylation sites (tertiary alicyclic amines) is 1. The third-order valence-corrected chi connectivity index (χ3v) is 4.45. The summed E-state index contributed by atoms with van der Waals surface area (Å²) >= 11 is 0. The van der Waals surface area contributed by atoms with Crippen LogP contribution in [0.2, 0.25) is 0 Å². The number of carbonyl (C=O) groups excluding carboxylic acids is 1. The first-order valence-electron chi connectivity index (χ1n) is 7.95. The molecule has 7 nitrogen and oxygen atoms in total. The molecule has 2 aromatic rings. The minimum absolute atomic E-state index is 0.0151. The van der Waals surface area contributed by atoms with Crippen molar-refractivity contribution in [3.8, 4) is 0 Å². The Hall–Kier alpha value is -2.31. The van der Waals surface area contributed by atoms with Gasteiger partial charge in [0.15, 0.2) is 0 Å². The zero-order valence-corrected chi connectivity index (χ0v) is 13.9. The average molecular weight is 317 g/mol. The quantitative estimate of drug-likeness (QED) is 0.933. The summed E-state index contributed by atoms with van der Waals surface area (Å²) in [6.07, 6.45) is 5.95. The van der Waals surface area contributed by atoms with Crippen molar-refractivity contribution >= 4 is 6.03 Å². The van der Waals surface area contributed by atoms with Crippen molar-refractivity contribution in [2.45, 2.75) is 33.2 Å². The highest BCUT2D eigenvalue weighted by Crippen LogP contribution is 2.21. The number of hydrogen-bond donors (Lipinski definition) is 1. The summed E-state index contributed by atoms with van der Waals surface area (Å²) in [5.74, 6) is 1.27. The van der Waals surface area contributed by atoms with E-state index in [4.69, 9.17) is 4.52 Å². The molecule has 1 aliphatic heterocycles. The van der Waals surface area contributed by atoms with Gasteiger partial charge < -0.3 is 14.7 Å². The van der Waals surface area contributed by atoms with Gasteiger partial charge in [-0.15, -0.1) is 0 Å². The monoisotopic (exact) mass is 317 g/mol. The molecule has 0 spiro atoms. The molecule has 23 heavy (non-hydrogen) atoms. The van der Waals surface area contributed by atoms with Crippen molar-refractivity contribution in [1.82, 2.24) is 25.2 Å². The molecule has 0 bridgehead atoms. The van der Waals surface area contributed by atoms with Gasteiger partial charge in [0.2, 0.25) is 0 Å². The number of carbonyl (C=O) groups is 1. The Bertz CT molecular complexity index is 671. The Morgan fingerprint density at radius 1 is 1.48 bits per heavy atom. The van der Waals surface area contributed by atoms with E-state index >= 15 is 0 Å². The van der Waals surface area contributed by atoms with Crippen LogP contribution < -0.4 is 5.32 Å². The van der Waals surface area contributed by atoms with Gasteiger partial charge in [-0.05, 0) is 38.2 Å². The summed E-state index contributed by atoms with van der Waals surface area (Å²) < 4.78 is 6.93. The van der Waals surface area contributed by atoms with Gasteiger partial charge in [0.05, 0.1) is 11.9 Å². The Labute approximate surface area is 135 Å². The molecule has 1 saturated heterocycles. The highest BCUT2D eigenvalue weighted by Gasteiger charge is 2.26. The maximum absolute atomic E-state index is 12.3. The van der Waals surface area contributed by atoms with Crippen LogP contribution in [0.5, 0.6) is 0 Å². The Morgan fingerprint density at radius 2 is 2.30 bits per heavy atom. The third kappa shape index (κ3) is 3.55. The van der Waals surface area contributed by atoms with Crippen LogP contribution in [0.1, 0.15) is 29.0 Å². The molecule has 7 heteroatoms. The van der Waals surface area contributed by atoms with Gasteiger partial charge in [0.25, 0.3) is 0 Å². The Morgan fingerprint density at radius 3 is 2.96 bits per heavy atom. The minimum atomic E-state index is -0.0151. The molecule has 0 aromatic carbocycles. The molecule has 2 amide bonds. The van der Waals surface area contributed by atoms with Crippen molar-refractivity contribution < 1.29 is 9.32 Å². The van der Waals surface area contributed by atoms with Crippen molar-refractivity contribution in [2.24, 2.45) is 13.0 Å². The van der Waals surface area contributed by atoms with E-state index in [0.717, 1.165) is 42.9 Å². The summed E-state index contributed by atoms with van der Waals surface area (Å²) in [5.41, 5.74) is 3.03. The summed E-state index contributed by atoms with van der Waals surface area (Å²) in [4.78, 5) is 14.2. The van der Waals surface area contributed by atoms with Crippen LogP contribution in [0.3, 0.4) is 0 Å². The Kier molecular flexibility index (Phi) is 4.36. The molecular weight excluding hydrogens is 294 g/mol. The number of rotatable bonds is 4. The van der Waals surface area contributed by atoms with Crippen LogP contribution in [-0.2, 0) is 20.0 Å². The van der Waals surface area contributed by atoms with Crippen LogP contribution in [0.15, 0.2) is 16.9 Å². The first-order chi connectivity index (χ1) is 11.0. The van der Waals surface area contributed by atoms with E-state index in [0.29, 0.717) is 12.5 Å². The first kappa shape index (κ1) is 15.6. The van der Waals surface area contributed by atoms with E-state index in [2.05, 4.69) is 15.6 Å². The molecule has 0 unspecified atom stereocenters. The lowest BCUT2D eigenvalue weighted by atomic mass is 10.0. The molecule has 1 N–H and O–H groups in total. The third-order valence-electron chi connectivity index (χ3n) is 4.45. The summed E-state index contributed by atoms with van der Waals surface area (Å²) in [5, 5.41) is 11.1. The Balaban J connectivity index is 1.49. The second kappa shape index (κ2) is 6.44. The van der Waals surface area contributed by atoms with E-state index < -0.39 is 0 Å². The number of aryl methyl sites for hydroxylation is 3. The van der Waals surface area contributed by atoms with E-state index in [1.807, 2.05) is 42.9 Å². The van der Waals surface area contributed by atoms with E-state index in [1.54, 1.807) is 0 Å². The number of amides is 2. The predicted molar refractivity (Wildman–Crippen MR) is 84.8 cm³/mol. The molecule has 0 radical (unpaired) electrons. The van der Waals surface area contributed by atoms with Crippen molar-refractivity contribution in [3.05, 3.63) is 35.0 Å². The van der Waals surface area contributed by atoms with Gasteiger partial charge >= 0.3 is 6.03 Å². The summed E-state index contributed by atoms with van der Waals surface area (Å²) in [6.45, 7) is 5.81. The molecule has 0 aliphatic carbocycles. The largest absolute Gasteiger partial charge is 0.361 e. The van der Waals surface area contributed by atoms with Crippen LogP contribution in [0.4, 0.5) is 4.79 Å². The number of urea groups is 1. The maximum atomic E-state index is 12.3. The molecule has 2 aromatic heterocycles. The van der Waals surface area contributed by atoms with Gasteiger partial charge in [0.1, 0.15) is 5.76 Å². The van der Waals surface area contributed by atoms with Gasteiger partial charge in [-0.2, -0.15) is 5.10 Å². The van der Waals surface area contributed by atoms with E-state index in [1.165, 1.54) is 5.56 Å². The smallest absolute Gasteiger partial charge is 0.317 e. The number of hydrogen-bond acceptors (Lipinski definition) is 4. The highest BCUT2D eigenvalue weighted by molar-refractivity contribution is 5.74. The molecule has 1 fully saturated rings. The maximum Gasteiger partial charge on any atom is 0.317 e. The molecule has 124 valence electrons. The van der Waals surface area contributed by atoms with Gasteiger partial charge in [-0.3, -0.25) is 4.68 Å². The van der Waals surface area contributed by atoms with Crippen LogP contribution in [0.25, 0.3) is 0 Å². The van der Waals surface area contributed by atoms with Crippen LogP contribution in [-0.4, -0.2) is 39.0 Å². The van der Waals surface area contributed by atoms with Crippen molar-refractivity contribution in [3.63, 3.8) is 0 Å². The molecule has 1 atom stereocenters. The highest BCUT2D eigenvalue weighted by atomic mass is 16.5. The molecule has 3 heterocycles. The van der Waals surface area contributed by atoms with Crippen LogP contribution >= 0.6 is 0 Å². The molecule has 0 saturated carbocycles. The number of aromatic nitrogens is 3. The van der Waals surface area contributed by atoms with Gasteiger partial charge in [-0.25, -0.2) is 4.79 Å².